The van der Waals surface area contributed by atoms with Gasteiger partial charge in [-0.25, -0.2) is 0 Å². The summed E-state index contributed by atoms with van der Waals surface area (Å²) < 4.78 is 0. The van der Waals surface area contributed by atoms with Gasteiger partial charge in [0.25, 0.3) is 0 Å². The Balaban J connectivity index is 1.81. The molecule has 1 aliphatic heterocycles. The molecule has 0 aromatic heterocycles. The first-order chi connectivity index (χ1) is 13.8. The molecule has 2 aliphatic rings. The molecule has 6 heteroatoms. The molecule has 1 spiro atoms. The molecule has 1 saturated heterocycles. The molecule has 6 nitrogen and oxygen atoms in total. The van der Waals surface area contributed by atoms with Crippen molar-refractivity contribution >= 4 is 12.1 Å². The van der Waals surface area contributed by atoms with E-state index in [-0.39, 0.29) is 6.04 Å². The number of nitrogens with two attached hydrogens (primary N) is 3. The molecule has 0 radical (unpaired) electrons. The molecule has 29 heavy (non-hydrogen) atoms. The van der Waals surface area contributed by atoms with Gasteiger partial charge >= 0.3 is 0 Å². The van der Waals surface area contributed by atoms with Crippen molar-refractivity contribution in [2.24, 2.45) is 44.4 Å². The monoisotopic (exact) mass is 402 g/mol. The van der Waals surface area contributed by atoms with Crippen LogP contribution < -0.4 is 17.2 Å². The van der Waals surface area contributed by atoms with Crippen molar-refractivity contribution in [1.29, 1.82) is 0 Å². The molecule has 6 N–H and O–H groups in total. The summed E-state index contributed by atoms with van der Waals surface area (Å²) in [7, 11) is 1.71. The highest BCUT2D eigenvalue weighted by Gasteiger charge is 2.54. The molecule has 0 amide bonds. The van der Waals surface area contributed by atoms with Gasteiger partial charge < -0.3 is 22.1 Å². The predicted molar refractivity (Wildman–Crippen MR) is 125 cm³/mol. The number of aliphatic imine (C=N–C) groups is 2. The van der Waals surface area contributed by atoms with Crippen LogP contribution in [0.1, 0.15) is 52.9 Å². The Kier molecular flexibility index (Phi) is 8.90. The lowest BCUT2D eigenvalue weighted by Crippen LogP contribution is -2.38. The zero-order valence-electron chi connectivity index (χ0n) is 18.9. The quantitative estimate of drug-likeness (QED) is 0.297. The van der Waals surface area contributed by atoms with E-state index in [0.29, 0.717) is 22.9 Å². The van der Waals surface area contributed by atoms with Crippen molar-refractivity contribution in [3.63, 3.8) is 0 Å². The molecule has 164 valence electrons. The highest BCUT2D eigenvalue weighted by atomic mass is 15.1. The molecule has 1 saturated carbocycles. The summed E-state index contributed by atoms with van der Waals surface area (Å²) in [5.74, 6) is 2.02. The lowest BCUT2D eigenvalue weighted by atomic mass is 9.90. The largest absolute Gasteiger partial charge is 0.398 e. The molecule has 0 aromatic rings. The van der Waals surface area contributed by atoms with Crippen LogP contribution in [0.3, 0.4) is 0 Å². The van der Waals surface area contributed by atoms with Crippen molar-refractivity contribution in [2.45, 2.75) is 58.9 Å². The number of amidine groups is 1. The summed E-state index contributed by atoms with van der Waals surface area (Å²) in [4.78, 5) is 11.3. The van der Waals surface area contributed by atoms with E-state index in [1.165, 1.54) is 51.7 Å². The van der Waals surface area contributed by atoms with E-state index in [2.05, 4.69) is 28.7 Å². The number of nitrogens with zero attached hydrogens (tertiary/aromatic N) is 3. The highest BCUT2D eigenvalue weighted by Crippen LogP contribution is 2.59. The van der Waals surface area contributed by atoms with E-state index in [9.17, 15) is 0 Å². The normalized spacial score (nSPS) is 25.6. The van der Waals surface area contributed by atoms with Crippen LogP contribution in [-0.4, -0.2) is 56.2 Å². The van der Waals surface area contributed by atoms with Crippen LogP contribution in [0.15, 0.2) is 33.4 Å². The molecule has 0 aromatic carbocycles. The Labute approximate surface area is 177 Å². The van der Waals surface area contributed by atoms with Crippen LogP contribution in [-0.2, 0) is 0 Å². The predicted octanol–water partition coefficient (Wildman–Crippen LogP) is 2.70. The zero-order valence-corrected chi connectivity index (χ0v) is 18.9. The van der Waals surface area contributed by atoms with Crippen LogP contribution in [0.5, 0.6) is 0 Å². The third-order valence-corrected chi connectivity index (χ3v) is 6.58. The van der Waals surface area contributed by atoms with E-state index in [4.69, 9.17) is 17.2 Å². The van der Waals surface area contributed by atoms with Crippen molar-refractivity contribution < 1.29 is 0 Å². The van der Waals surface area contributed by atoms with Gasteiger partial charge in [0, 0.05) is 43.7 Å². The first-order valence-electron chi connectivity index (χ1n) is 11.2. The van der Waals surface area contributed by atoms with Gasteiger partial charge in [-0.05, 0) is 75.1 Å². The van der Waals surface area contributed by atoms with E-state index >= 15 is 0 Å². The SMILES string of the molecule is CCCC(C)CN1CCC2(CC1)CC2CN=C(N)/C=C\C(N)=C(C=NC)C(C)N. The van der Waals surface area contributed by atoms with Crippen LogP contribution in [0.4, 0.5) is 0 Å². The second kappa shape index (κ2) is 10.9. The molecule has 3 atom stereocenters. The lowest BCUT2D eigenvalue weighted by Gasteiger charge is -2.34. The van der Waals surface area contributed by atoms with Crippen molar-refractivity contribution in [1.82, 2.24) is 4.90 Å². The molecule has 1 heterocycles. The highest BCUT2D eigenvalue weighted by molar-refractivity contribution is 5.92. The lowest BCUT2D eigenvalue weighted by molar-refractivity contribution is 0.144. The third-order valence-electron chi connectivity index (χ3n) is 6.58. The summed E-state index contributed by atoms with van der Waals surface area (Å²) in [6.45, 7) is 11.1. The summed E-state index contributed by atoms with van der Waals surface area (Å²) in [6.07, 6.45) is 11.8. The number of piperidine rings is 1. The number of allylic oxidation sites excluding steroid dienone is 1. The van der Waals surface area contributed by atoms with Gasteiger partial charge in [0.2, 0.25) is 0 Å². The van der Waals surface area contributed by atoms with Gasteiger partial charge in [-0.3, -0.25) is 9.98 Å². The van der Waals surface area contributed by atoms with Gasteiger partial charge in [-0.1, -0.05) is 20.3 Å². The standard InChI is InChI=1S/C23H42N6/c1-5-6-17(2)16-29-11-9-23(10-12-29)13-19(23)14-28-22(26)8-7-21(25)20(15-27-4)18(3)24/h7-8,15,17-19H,5-6,9-14,16,24-25H2,1-4H3,(H2,26,28)/b8-7-,21-20?,27-15?. The van der Waals surface area contributed by atoms with Crippen molar-refractivity contribution in [3.8, 4) is 0 Å². The Morgan fingerprint density at radius 2 is 1.90 bits per heavy atom. The van der Waals surface area contributed by atoms with Gasteiger partial charge in [-0.15, -0.1) is 0 Å². The van der Waals surface area contributed by atoms with Gasteiger partial charge in [0.15, 0.2) is 0 Å². The Bertz CT molecular complexity index is 638. The van der Waals surface area contributed by atoms with Gasteiger partial charge in [0.1, 0.15) is 5.84 Å². The van der Waals surface area contributed by atoms with E-state index in [0.717, 1.165) is 18.0 Å². The summed E-state index contributed by atoms with van der Waals surface area (Å²) in [5.41, 5.74) is 20.0. The molecular formula is C23H42N6. The summed E-state index contributed by atoms with van der Waals surface area (Å²) >= 11 is 0. The zero-order chi connectivity index (χ0) is 21.4. The molecular weight excluding hydrogens is 360 g/mol. The van der Waals surface area contributed by atoms with Crippen LogP contribution in [0.25, 0.3) is 0 Å². The molecule has 1 aliphatic carbocycles. The fraction of sp³-hybridized carbons (Fsp3) is 0.739. The number of rotatable bonds is 10. The smallest absolute Gasteiger partial charge is 0.118 e. The fourth-order valence-electron chi connectivity index (χ4n) is 4.64. The van der Waals surface area contributed by atoms with Crippen LogP contribution in [0.2, 0.25) is 0 Å². The molecule has 0 bridgehead atoms. The van der Waals surface area contributed by atoms with E-state index in [1.807, 2.05) is 6.92 Å². The maximum absolute atomic E-state index is 6.11. The maximum atomic E-state index is 6.11. The van der Waals surface area contributed by atoms with E-state index in [1.54, 1.807) is 25.4 Å². The van der Waals surface area contributed by atoms with Crippen molar-refractivity contribution in [3.05, 3.63) is 23.4 Å². The minimum Gasteiger partial charge on any atom is -0.398 e. The topological polar surface area (TPSA) is 106 Å². The number of hydrogen-bond donors (Lipinski definition) is 3. The fourth-order valence-corrected chi connectivity index (χ4v) is 4.64. The minimum absolute atomic E-state index is 0.177. The van der Waals surface area contributed by atoms with Crippen molar-refractivity contribution in [2.75, 3.05) is 33.2 Å². The third kappa shape index (κ3) is 6.96. The average Bonchev–Trinajstić information content (AvgIpc) is 3.36. The van der Waals surface area contributed by atoms with Crippen LogP contribution >= 0.6 is 0 Å². The second-order valence-corrected chi connectivity index (χ2v) is 9.14. The summed E-state index contributed by atoms with van der Waals surface area (Å²) in [6, 6.07) is -0.177. The molecule has 2 rings (SSSR count). The summed E-state index contributed by atoms with van der Waals surface area (Å²) in [5, 5.41) is 0. The number of hydrogen-bond acceptors (Lipinski definition) is 5. The number of likely N-dealkylation sites (tertiary alicyclic amines) is 1. The van der Waals surface area contributed by atoms with Crippen LogP contribution in [0, 0.1) is 17.3 Å². The molecule has 2 fully saturated rings. The van der Waals surface area contributed by atoms with Gasteiger partial charge in [0.05, 0.1) is 0 Å². The minimum atomic E-state index is -0.177. The Hall–Kier alpha value is -1.66. The Morgan fingerprint density at radius 1 is 1.21 bits per heavy atom. The van der Waals surface area contributed by atoms with Gasteiger partial charge in [-0.2, -0.15) is 0 Å². The molecule has 3 unspecified atom stereocenters. The Morgan fingerprint density at radius 3 is 2.48 bits per heavy atom. The first-order valence-corrected chi connectivity index (χ1v) is 11.2. The van der Waals surface area contributed by atoms with E-state index < -0.39 is 0 Å². The average molecular weight is 403 g/mol. The first kappa shape index (κ1) is 23.6. The maximum Gasteiger partial charge on any atom is 0.118 e. The second-order valence-electron chi connectivity index (χ2n) is 9.14.